The number of carbonyl (C=O) groups is 1. The molecule has 1 heterocycles. The molecule has 4 aromatic rings. The second kappa shape index (κ2) is 10.1. The van der Waals surface area contributed by atoms with Crippen molar-refractivity contribution in [2.75, 3.05) is 11.6 Å². The molecule has 1 amide bonds. The molecule has 0 saturated heterocycles. The molecule has 0 saturated carbocycles. The first-order chi connectivity index (χ1) is 15.5. The SMILES string of the molecule is Nn1c(SCC(=O)NC(c2ccccc2)c2ccccc2)nnc1-c1ccc(Cl)cc1Cl. The van der Waals surface area contributed by atoms with Crippen molar-refractivity contribution >= 4 is 40.9 Å². The lowest BCUT2D eigenvalue weighted by molar-refractivity contribution is -0.119. The molecule has 9 heteroatoms. The van der Waals surface area contributed by atoms with Crippen LogP contribution in [-0.4, -0.2) is 26.5 Å². The zero-order valence-electron chi connectivity index (χ0n) is 16.8. The summed E-state index contributed by atoms with van der Waals surface area (Å²) in [5.41, 5.74) is 2.60. The number of hydrogen-bond acceptors (Lipinski definition) is 5. The normalized spacial score (nSPS) is 11.0. The Labute approximate surface area is 199 Å². The molecule has 0 fully saturated rings. The van der Waals surface area contributed by atoms with E-state index in [1.807, 2.05) is 60.7 Å². The van der Waals surface area contributed by atoms with Crippen molar-refractivity contribution in [2.24, 2.45) is 0 Å². The molecule has 6 nitrogen and oxygen atoms in total. The average molecular weight is 484 g/mol. The van der Waals surface area contributed by atoms with E-state index in [4.69, 9.17) is 29.0 Å². The Hall–Kier alpha value is -3.00. The summed E-state index contributed by atoms with van der Waals surface area (Å²) >= 11 is 13.4. The molecule has 0 spiro atoms. The zero-order chi connectivity index (χ0) is 22.5. The van der Waals surface area contributed by atoms with Gasteiger partial charge in [0.1, 0.15) is 0 Å². The summed E-state index contributed by atoms with van der Waals surface area (Å²) < 4.78 is 1.32. The van der Waals surface area contributed by atoms with E-state index in [9.17, 15) is 4.79 Å². The van der Waals surface area contributed by atoms with Gasteiger partial charge in [-0.2, -0.15) is 0 Å². The molecule has 1 aromatic heterocycles. The number of nitrogens with two attached hydrogens (primary N) is 1. The van der Waals surface area contributed by atoms with Crippen molar-refractivity contribution in [2.45, 2.75) is 11.2 Å². The summed E-state index contributed by atoms with van der Waals surface area (Å²) in [6.07, 6.45) is 0. The van der Waals surface area contributed by atoms with Gasteiger partial charge in [-0.3, -0.25) is 4.79 Å². The number of carbonyl (C=O) groups excluding carboxylic acids is 1. The maximum absolute atomic E-state index is 12.8. The van der Waals surface area contributed by atoms with Gasteiger partial charge in [0.05, 0.1) is 16.8 Å². The van der Waals surface area contributed by atoms with Gasteiger partial charge in [-0.1, -0.05) is 95.6 Å². The van der Waals surface area contributed by atoms with Crippen LogP contribution in [0.2, 0.25) is 10.0 Å². The largest absolute Gasteiger partial charge is 0.344 e. The molecule has 0 aliphatic rings. The summed E-state index contributed by atoms with van der Waals surface area (Å²) in [4.78, 5) is 12.8. The number of amides is 1. The maximum atomic E-state index is 12.8. The Bertz CT molecular complexity index is 1180. The molecule has 32 heavy (non-hydrogen) atoms. The lowest BCUT2D eigenvalue weighted by Gasteiger charge is -2.19. The van der Waals surface area contributed by atoms with Gasteiger partial charge in [0, 0.05) is 10.6 Å². The first-order valence-electron chi connectivity index (χ1n) is 9.71. The van der Waals surface area contributed by atoms with E-state index < -0.39 is 0 Å². The van der Waals surface area contributed by atoms with Crippen LogP contribution in [0.25, 0.3) is 11.4 Å². The van der Waals surface area contributed by atoms with Crippen LogP contribution in [0, 0.1) is 0 Å². The molecule has 0 aliphatic heterocycles. The van der Waals surface area contributed by atoms with E-state index in [1.54, 1.807) is 18.2 Å². The van der Waals surface area contributed by atoms with Crippen LogP contribution >= 0.6 is 35.0 Å². The van der Waals surface area contributed by atoms with E-state index >= 15 is 0 Å². The zero-order valence-corrected chi connectivity index (χ0v) is 19.1. The van der Waals surface area contributed by atoms with Crippen LogP contribution in [0.3, 0.4) is 0 Å². The molecule has 0 bridgehead atoms. The Balaban J connectivity index is 1.47. The molecule has 0 unspecified atom stereocenters. The van der Waals surface area contributed by atoms with Crippen molar-refractivity contribution in [1.29, 1.82) is 0 Å². The quantitative estimate of drug-likeness (QED) is 0.286. The second-order valence-corrected chi connectivity index (χ2v) is 8.70. The maximum Gasteiger partial charge on any atom is 0.231 e. The summed E-state index contributed by atoms with van der Waals surface area (Å²) in [6, 6.07) is 24.4. The third kappa shape index (κ3) is 5.07. The highest BCUT2D eigenvalue weighted by molar-refractivity contribution is 7.99. The summed E-state index contributed by atoms with van der Waals surface area (Å²) in [5.74, 6) is 6.52. The van der Waals surface area contributed by atoms with Gasteiger partial charge < -0.3 is 11.2 Å². The first-order valence-corrected chi connectivity index (χ1v) is 11.4. The number of nitrogen functional groups attached to an aromatic ring is 1. The van der Waals surface area contributed by atoms with E-state index in [2.05, 4.69) is 15.5 Å². The summed E-state index contributed by atoms with van der Waals surface area (Å²) in [6.45, 7) is 0. The minimum absolute atomic E-state index is 0.125. The number of nitrogens with one attached hydrogen (secondary N) is 1. The van der Waals surface area contributed by atoms with Gasteiger partial charge in [-0.05, 0) is 29.3 Å². The van der Waals surface area contributed by atoms with Gasteiger partial charge in [0.15, 0.2) is 5.82 Å². The number of thioether (sulfide) groups is 1. The number of aromatic nitrogens is 3. The predicted octanol–water partition coefficient (Wildman–Crippen LogP) is 4.96. The topological polar surface area (TPSA) is 85.8 Å². The van der Waals surface area contributed by atoms with Crippen LogP contribution in [-0.2, 0) is 4.79 Å². The fourth-order valence-electron chi connectivity index (χ4n) is 3.21. The number of rotatable bonds is 7. The minimum Gasteiger partial charge on any atom is -0.344 e. The standard InChI is InChI=1S/C23H19Cl2N5OS/c24-17-11-12-18(19(25)13-17)22-28-29-23(30(22)26)32-14-20(31)27-21(15-7-3-1-4-8-15)16-9-5-2-6-10-16/h1-13,21H,14,26H2,(H,27,31). The van der Waals surface area contributed by atoms with Crippen molar-refractivity contribution in [3.05, 3.63) is 100 Å². The third-order valence-electron chi connectivity index (χ3n) is 4.74. The number of nitrogens with zero attached hydrogens (tertiary/aromatic N) is 3. The van der Waals surface area contributed by atoms with E-state index in [0.29, 0.717) is 26.6 Å². The van der Waals surface area contributed by atoms with E-state index in [0.717, 1.165) is 11.1 Å². The minimum atomic E-state index is -0.260. The van der Waals surface area contributed by atoms with Crippen molar-refractivity contribution < 1.29 is 4.79 Å². The Morgan fingerprint density at radius 2 is 1.59 bits per heavy atom. The molecular formula is C23H19Cl2N5OS. The molecule has 3 aromatic carbocycles. The summed E-state index contributed by atoms with van der Waals surface area (Å²) in [5, 5.41) is 12.6. The molecule has 0 atom stereocenters. The first kappa shape index (κ1) is 22.2. The van der Waals surface area contributed by atoms with Crippen LogP contribution in [0.15, 0.2) is 84.0 Å². The van der Waals surface area contributed by atoms with Crippen LogP contribution in [0.1, 0.15) is 17.2 Å². The number of benzene rings is 3. The van der Waals surface area contributed by atoms with Gasteiger partial charge in [0.25, 0.3) is 0 Å². The van der Waals surface area contributed by atoms with E-state index in [-0.39, 0.29) is 17.7 Å². The van der Waals surface area contributed by atoms with Crippen LogP contribution in [0.4, 0.5) is 0 Å². The molecule has 162 valence electrons. The van der Waals surface area contributed by atoms with Gasteiger partial charge >= 0.3 is 0 Å². The second-order valence-electron chi connectivity index (χ2n) is 6.91. The van der Waals surface area contributed by atoms with E-state index in [1.165, 1.54) is 16.4 Å². The monoisotopic (exact) mass is 483 g/mol. The molecule has 0 aliphatic carbocycles. The van der Waals surface area contributed by atoms with Gasteiger partial charge in [0.2, 0.25) is 11.1 Å². The molecule has 3 N–H and O–H groups in total. The van der Waals surface area contributed by atoms with Crippen molar-refractivity contribution in [3.63, 3.8) is 0 Å². The molecule has 4 rings (SSSR count). The highest BCUT2D eigenvalue weighted by atomic mass is 35.5. The highest BCUT2D eigenvalue weighted by Crippen LogP contribution is 2.30. The van der Waals surface area contributed by atoms with Gasteiger partial charge in [-0.25, -0.2) is 4.68 Å². The predicted molar refractivity (Wildman–Crippen MR) is 129 cm³/mol. The number of hydrogen-bond donors (Lipinski definition) is 2. The van der Waals surface area contributed by atoms with Crippen LogP contribution in [0.5, 0.6) is 0 Å². The summed E-state index contributed by atoms with van der Waals surface area (Å²) in [7, 11) is 0. The highest BCUT2D eigenvalue weighted by Gasteiger charge is 2.19. The molecule has 0 radical (unpaired) electrons. The fourth-order valence-corrected chi connectivity index (χ4v) is 4.37. The lowest BCUT2D eigenvalue weighted by Crippen LogP contribution is -2.30. The Morgan fingerprint density at radius 1 is 0.969 bits per heavy atom. The Morgan fingerprint density at radius 3 is 2.19 bits per heavy atom. The molecular weight excluding hydrogens is 465 g/mol. The van der Waals surface area contributed by atoms with Gasteiger partial charge in [-0.15, -0.1) is 10.2 Å². The van der Waals surface area contributed by atoms with Crippen LogP contribution < -0.4 is 11.2 Å². The smallest absolute Gasteiger partial charge is 0.231 e. The van der Waals surface area contributed by atoms with Crippen molar-refractivity contribution in [1.82, 2.24) is 20.2 Å². The third-order valence-corrected chi connectivity index (χ3v) is 6.23. The Kier molecular flexibility index (Phi) is 6.99. The lowest BCUT2D eigenvalue weighted by atomic mass is 9.99. The average Bonchev–Trinajstić information content (AvgIpc) is 3.17. The fraction of sp³-hybridized carbons (Fsp3) is 0.0870. The number of halogens is 2. The van der Waals surface area contributed by atoms with Crippen molar-refractivity contribution in [3.8, 4) is 11.4 Å².